The fourth-order valence-electron chi connectivity index (χ4n) is 7.60. The van der Waals surface area contributed by atoms with Gasteiger partial charge in [0.05, 0.1) is 35.4 Å². The minimum atomic E-state index is -0.586. The maximum absolute atomic E-state index is 14.8. The van der Waals surface area contributed by atoms with Crippen molar-refractivity contribution in [3.05, 3.63) is 96.1 Å². The number of urea groups is 1. The van der Waals surface area contributed by atoms with E-state index < -0.39 is 17.7 Å². The first kappa shape index (κ1) is 32.7. The highest BCUT2D eigenvalue weighted by Gasteiger charge is 2.31. The van der Waals surface area contributed by atoms with E-state index in [4.69, 9.17) is 9.97 Å². The second-order valence-corrected chi connectivity index (χ2v) is 13.4. The Balaban J connectivity index is 0.956. The average molecular weight is 693 g/mol. The lowest BCUT2D eigenvalue weighted by Crippen LogP contribution is -2.50. The number of imide groups is 1. The maximum Gasteiger partial charge on any atom is 0.328 e. The van der Waals surface area contributed by atoms with Gasteiger partial charge in [0.15, 0.2) is 5.65 Å². The molecule has 3 aliphatic rings. The zero-order valence-corrected chi connectivity index (χ0v) is 28.3. The standard InChI is InChI=1S/C37H38F2N10O2/c1-45(23-24-9-14-40-22-32(24)48-18-13-35(50)44-37(48)51)26-10-16-46(17-11-26)33-6-2-4-30(42-33)28-21-41-49-19-12-34(43-36(28)49)47-15-3-5-31(47)27-8-7-25(38)20-29(27)39/h2,4,6-9,12,14,19-22,26,31H,3,5,10-11,13,15-18,23H2,1H3,(H,44,50,51)/t31-/m1/s1. The topological polar surface area (TPSA) is 115 Å². The van der Waals surface area contributed by atoms with Crippen LogP contribution in [0.2, 0.25) is 0 Å². The molecule has 3 fully saturated rings. The van der Waals surface area contributed by atoms with E-state index in [2.05, 4.69) is 37.1 Å². The van der Waals surface area contributed by atoms with Gasteiger partial charge in [-0.2, -0.15) is 5.10 Å². The second-order valence-electron chi connectivity index (χ2n) is 13.4. The van der Waals surface area contributed by atoms with Gasteiger partial charge in [-0.3, -0.25) is 24.9 Å². The van der Waals surface area contributed by atoms with Crippen LogP contribution in [0.5, 0.6) is 0 Å². The summed E-state index contributed by atoms with van der Waals surface area (Å²) < 4.78 is 30.2. The number of carbonyl (C=O) groups excluding carboxylic acids is 2. The van der Waals surface area contributed by atoms with Crippen molar-refractivity contribution in [1.82, 2.24) is 34.8 Å². The number of rotatable bonds is 8. The molecule has 0 bridgehead atoms. The third kappa shape index (κ3) is 6.47. The molecule has 0 saturated carbocycles. The van der Waals surface area contributed by atoms with Gasteiger partial charge in [0.1, 0.15) is 23.3 Å². The summed E-state index contributed by atoms with van der Waals surface area (Å²) in [6.07, 6.45) is 10.8. The van der Waals surface area contributed by atoms with Crippen LogP contribution in [0.25, 0.3) is 16.9 Å². The van der Waals surface area contributed by atoms with Crippen LogP contribution in [0.1, 0.15) is 49.3 Å². The number of fused-ring (bicyclic) bond motifs is 1. The minimum absolute atomic E-state index is 0.231. The van der Waals surface area contributed by atoms with Gasteiger partial charge < -0.3 is 9.80 Å². The van der Waals surface area contributed by atoms with E-state index in [1.165, 1.54) is 12.1 Å². The van der Waals surface area contributed by atoms with Crippen molar-refractivity contribution in [2.75, 3.05) is 47.9 Å². The smallest absolute Gasteiger partial charge is 0.328 e. The number of nitrogens with zero attached hydrogens (tertiary/aromatic N) is 9. The average Bonchev–Trinajstić information content (AvgIpc) is 3.80. The highest BCUT2D eigenvalue weighted by atomic mass is 19.1. The molecule has 12 nitrogen and oxygen atoms in total. The number of nitrogens with one attached hydrogen (secondary N) is 1. The van der Waals surface area contributed by atoms with Crippen LogP contribution in [-0.4, -0.2) is 80.7 Å². The molecule has 3 amide bonds. The zero-order chi connectivity index (χ0) is 35.1. The van der Waals surface area contributed by atoms with Crippen molar-refractivity contribution in [3.8, 4) is 11.3 Å². The number of piperidine rings is 1. The molecule has 0 unspecified atom stereocenters. The Morgan fingerprint density at radius 1 is 0.941 bits per heavy atom. The van der Waals surface area contributed by atoms with E-state index in [1.54, 1.807) is 28.0 Å². The summed E-state index contributed by atoms with van der Waals surface area (Å²) in [6, 6.07) is 13.3. The molecule has 51 heavy (non-hydrogen) atoms. The highest BCUT2D eigenvalue weighted by Crippen LogP contribution is 2.37. The van der Waals surface area contributed by atoms with Crippen molar-refractivity contribution in [3.63, 3.8) is 0 Å². The molecule has 0 spiro atoms. The predicted molar refractivity (Wildman–Crippen MR) is 188 cm³/mol. The van der Waals surface area contributed by atoms with E-state index in [0.29, 0.717) is 42.7 Å². The molecular weight excluding hydrogens is 654 g/mol. The van der Waals surface area contributed by atoms with Crippen molar-refractivity contribution in [1.29, 1.82) is 0 Å². The number of aromatic nitrogens is 5. The van der Waals surface area contributed by atoms with Gasteiger partial charge in [0.2, 0.25) is 5.91 Å². The summed E-state index contributed by atoms with van der Waals surface area (Å²) in [5.74, 6) is 0.213. The molecule has 5 aromatic rings. The summed E-state index contributed by atoms with van der Waals surface area (Å²) in [4.78, 5) is 46.8. The first-order valence-corrected chi connectivity index (χ1v) is 17.4. The number of hydrogen-bond donors (Lipinski definition) is 1. The molecular formula is C37H38F2N10O2. The van der Waals surface area contributed by atoms with Crippen LogP contribution in [0, 0.1) is 11.6 Å². The maximum atomic E-state index is 14.8. The normalized spacial score (nSPS) is 18.7. The Kier molecular flexibility index (Phi) is 8.76. The van der Waals surface area contributed by atoms with Gasteiger partial charge in [-0.1, -0.05) is 12.1 Å². The molecule has 1 aromatic carbocycles. The Morgan fingerprint density at radius 3 is 2.63 bits per heavy atom. The van der Waals surface area contributed by atoms with E-state index in [-0.39, 0.29) is 18.4 Å². The van der Waals surface area contributed by atoms with E-state index in [0.717, 1.165) is 73.2 Å². The van der Waals surface area contributed by atoms with E-state index >= 15 is 0 Å². The zero-order valence-electron chi connectivity index (χ0n) is 28.3. The van der Waals surface area contributed by atoms with Crippen molar-refractivity contribution in [2.45, 2.75) is 50.7 Å². The molecule has 1 atom stereocenters. The molecule has 14 heteroatoms. The Labute approximate surface area is 293 Å². The first-order chi connectivity index (χ1) is 24.8. The van der Waals surface area contributed by atoms with E-state index in [1.807, 2.05) is 36.5 Å². The largest absolute Gasteiger partial charge is 0.356 e. The molecule has 1 N–H and O–H groups in total. The quantitative estimate of drug-likeness (QED) is 0.230. The van der Waals surface area contributed by atoms with Gasteiger partial charge in [0.25, 0.3) is 0 Å². The SMILES string of the molecule is CN(Cc1ccncc1N1CCC(=O)NC1=O)C1CCN(c2cccc(-c3cnn4ccc(N5CCC[C@@H]5c5ccc(F)cc5F)nc34)n2)CC1. The van der Waals surface area contributed by atoms with Gasteiger partial charge in [-0.15, -0.1) is 0 Å². The number of pyridine rings is 2. The lowest BCUT2D eigenvalue weighted by Gasteiger charge is -2.38. The van der Waals surface area contributed by atoms with Crippen LogP contribution >= 0.6 is 0 Å². The fourth-order valence-corrected chi connectivity index (χ4v) is 7.60. The molecule has 262 valence electrons. The number of benzene rings is 1. The fraction of sp³-hybridized carbons (Fsp3) is 0.351. The molecule has 8 rings (SSSR count). The Morgan fingerprint density at radius 2 is 1.80 bits per heavy atom. The monoisotopic (exact) mass is 692 g/mol. The van der Waals surface area contributed by atoms with Crippen molar-refractivity contribution < 1.29 is 18.4 Å². The van der Waals surface area contributed by atoms with Gasteiger partial charge in [-0.25, -0.2) is 28.1 Å². The first-order valence-electron chi connectivity index (χ1n) is 17.4. The number of hydrogen-bond acceptors (Lipinski definition) is 9. The summed E-state index contributed by atoms with van der Waals surface area (Å²) >= 11 is 0. The Hall–Kier alpha value is -5.50. The summed E-state index contributed by atoms with van der Waals surface area (Å²) in [5.41, 5.74) is 4.42. The molecule has 3 saturated heterocycles. The molecule has 3 aliphatic heterocycles. The van der Waals surface area contributed by atoms with Crippen molar-refractivity contribution >= 4 is 34.9 Å². The lowest BCUT2D eigenvalue weighted by atomic mass is 10.0. The van der Waals surface area contributed by atoms with Crippen LogP contribution in [0.15, 0.2) is 73.3 Å². The molecule has 7 heterocycles. The summed E-state index contributed by atoms with van der Waals surface area (Å²) in [6.45, 7) is 3.36. The number of anilines is 3. The van der Waals surface area contributed by atoms with Gasteiger partial charge in [0, 0.05) is 69.2 Å². The molecule has 0 aliphatic carbocycles. The third-order valence-electron chi connectivity index (χ3n) is 10.3. The molecule has 4 aromatic heterocycles. The summed E-state index contributed by atoms with van der Waals surface area (Å²) in [7, 11) is 2.11. The highest BCUT2D eigenvalue weighted by molar-refractivity contribution is 6.05. The second kappa shape index (κ2) is 13.7. The number of carbonyl (C=O) groups is 2. The van der Waals surface area contributed by atoms with Crippen LogP contribution < -0.4 is 20.0 Å². The minimum Gasteiger partial charge on any atom is -0.356 e. The number of halogens is 2. The molecule has 0 radical (unpaired) electrons. The van der Waals surface area contributed by atoms with Gasteiger partial charge in [-0.05, 0) is 68.6 Å². The summed E-state index contributed by atoms with van der Waals surface area (Å²) in [5, 5.41) is 6.95. The van der Waals surface area contributed by atoms with Crippen LogP contribution in [0.4, 0.5) is 30.9 Å². The third-order valence-corrected chi connectivity index (χ3v) is 10.3. The van der Waals surface area contributed by atoms with Crippen LogP contribution in [0.3, 0.4) is 0 Å². The number of amides is 3. The van der Waals surface area contributed by atoms with E-state index in [9.17, 15) is 18.4 Å². The van der Waals surface area contributed by atoms with Gasteiger partial charge >= 0.3 is 6.03 Å². The van der Waals surface area contributed by atoms with Crippen LogP contribution in [-0.2, 0) is 11.3 Å². The predicted octanol–water partition coefficient (Wildman–Crippen LogP) is 5.35. The lowest BCUT2D eigenvalue weighted by molar-refractivity contribution is -0.120. The van der Waals surface area contributed by atoms with Crippen molar-refractivity contribution in [2.24, 2.45) is 0 Å². The Bertz CT molecular complexity index is 2100.